The number of nitrogens with zero attached hydrogens (tertiary/aromatic N) is 2. The van der Waals surface area contributed by atoms with Gasteiger partial charge < -0.3 is 0 Å². The number of imide groups is 1. The smallest absolute Gasteiger partial charge is 0.266 e. The fourth-order valence-corrected chi connectivity index (χ4v) is 5.57. The van der Waals surface area contributed by atoms with Crippen LogP contribution in [0.15, 0.2) is 79.9 Å². The second kappa shape index (κ2) is 9.20. The van der Waals surface area contributed by atoms with Crippen molar-refractivity contribution in [2.24, 2.45) is 0 Å². The van der Waals surface area contributed by atoms with E-state index in [-0.39, 0.29) is 17.3 Å². The van der Waals surface area contributed by atoms with Crippen LogP contribution in [0.3, 0.4) is 0 Å². The molecular weight excluding hydrogens is 500 g/mol. The molecule has 6 rings (SSSR count). The van der Waals surface area contributed by atoms with Crippen LogP contribution in [0.25, 0.3) is 28.6 Å². The Hall–Kier alpha value is -5.23. The van der Waals surface area contributed by atoms with Gasteiger partial charge in [-0.2, -0.15) is 0 Å². The predicted octanol–water partition coefficient (Wildman–Crippen LogP) is 6.65. The van der Waals surface area contributed by atoms with Crippen LogP contribution in [0.2, 0.25) is 0 Å². The Morgan fingerprint density at radius 1 is 0.775 bits per heavy atom. The maximum Gasteiger partial charge on any atom is 0.266 e. The van der Waals surface area contributed by atoms with Crippen LogP contribution in [-0.2, 0) is 0 Å². The van der Waals surface area contributed by atoms with Crippen molar-refractivity contribution >= 4 is 52.0 Å². The zero-order chi connectivity index (χ0) is 28.3. The second-order valence-electron chi connectivity index (χ2n) is 9.86. The Morgan fingerprint density at radius 2 is 1.30 bits per heavy atom. The molecule has 2 amide bonds. The monoisotopic (exact) mass is 524 g/mol. The van der Waals surface area contributed by atoms with Gasteiger partial charge in [0.15, 0.2) is 11.6 Å². The first-order chi connectivity index (χ1) is 19.3. The van der Waals surface area contributed by atoms with Gasteiger partial charge in [-0.1, -0.05) is 61.7 Å². The normalized spacial score (nSPS) is 15.2. The molecule has 1 aliphatic heterocycles. The van der Waals surface area contributed by atoms with Crippen LogP contribution in [0.1, 0.15) is 82.4 Å². The highest BCUT2D eigenvalue weighted by molar-refractivity contribution is 6.30. The molecule has 0 saturated heterocycles. The molecule has 1 aromatic heterocycles. The second-order valence-corrected chi connectivity index (χ2v) is 9.86. The summed E-state index contributed by atoms with van der Waals surface area (Å²) in [6.45, 7) is 11.1. The molecule has 2 heterocycles. The first-order valence-corrected chi connectivity index (χ1v) is 12.9. The summed E-state index contributed by atoms with van der Waals surface area (Å²) in [6.07, 6.45) is 4.89. The summed E-state index contributed by atoms with van der Waals surface area (Å²) in [5, 5.41) is 1.72. The average molecular weight is 525 g/mol. The van der Waals surface area contributed by atoms with Crippen LogP contribution in [0, 0.1) is 6.92 Å². The maximum absolute atomic E-state index is 13.6. The van der Waals surface area contributed by atoms with E-state index >= 15 is 0 Å². The lowest BCUT2D eigenvalue weighted by Crippen LogP contribution is -2.29. The van der Waals surface area contributed by atoms with Gasteiger partial charge in [0.2, 0.25) is 0 Å². The summed E-state index contributed by atoms with van der Waals surface area (Å²) in [4.78, 5) is 59.9. The molecular formula is C34H24N2O4. The molecule has 3 aromatic carbocycles. The Kier molecular flexibility index (Phi) is 5.77. The molecule has 0 N–H and O–H groups in total. The molecule has 40 heavy (non-hydrogen) atoms. The van der Waals surface area contributed by atoms with Gasteiger partial charge in [0, 0.05) is 11.1 Å². The Morgan fingerprint density at radius 3 is 1.77 bits per heavy atom. The van der Waals surface area contributed by atoms with Crippen LogP contribution < -0.4 is 0 Å². The first kappa shape index (κ1) is 25.1. The molecule has 0 saturated carbocycles. The third-order valence-electron chi connectivity index (χ3n) is 7.64. The van der Waals surface area contributed by atoms with Gasteiger partial charge >= 0.3 is 0 Å². The van der Waals surface area contributed by atoms with Crippen molar-refractivity contribution in [2.45, 2.75) is 19.8 Å². The number of allylic oxidation sites excluding steroid dienone is 1. The molecule has 6 nitrogen and oxygen atoms in total. The van der Waals surface area contributed by atoms with E-state index in [0.29, 0.717) is 50.3 Å². The van der Waals surface area contributed by atoms with E-state index in [1.165, 1.54) is 0 Å². The Labute approximate surface area is 231 Å². The van der Waals surface area contributed by atoms with E-state index in [1.807, 2.05) is 31.2 Å². The molecule has 0 bridgehead atoms. The molecule has 0 radical (unpaired) electrons. The van der Waals surface area contributed by atoms with E-state index in [9.17, 15) is 19.2 Å². The minimum atomic E-state index is -1.13. The zero-order valence-corrected chi connectivity index (χ0v) is 22.0. The van der Waals surface area contributed by atoms with Crippen LogP contribution >= 0.6 is 0 Å². The van der Waals surface area contributed by atoms with Crippen molar-refractivity contribution in [3.8, 4) is 0 Å². The van der Waals surface area contributed by atoms with Crippen molar-refractivity contribution in [3.63, 3.8) is 0 Å². The largest absolute Gasteiger partial charge is 0.293 e. The molecule has 0 unspecified atom stereocenters. The predicted molar refractivity (Wildman–Crippen MR) is 155 cm³/mol. The van der Waals surface area contributed by atoms with Crippen molar-refractivity contribution in [1.82, 2.24) is 9.88 Å². The third-order valence-corrected chi connectivity index (χ3v) is 7.64. The number of carbonyl (C=O) groups is 4. The summed E-state index contributed by atoms with van der Waals surface area (Å²) < 4.78 is 0. The first-order valence-electron chi connectivity index (χ1n) is 12.9. The number of pyridine rings is 1. The van der Waals surface area contributed by atoms with Crippen molar-refractivity contribution < 1.29 is 19.2 Å². The summed E-state index contributed by atoms with van der Waals surface area (Å²) in [6, 6.07) is 17.7. The molecule has 2 aliphatic rings. The van der Waals surface area contributed by atoms with Gasteiger partial charge in [0.05, 0.1) is 28.2 Å². The zero-order valence-electron chi connectivity index (χ0n) is 22.0. The molecule has 1 aliphatic carbocycles. The van der Waals surface area contributed by atoms with Gasteiger partial charge in [-0.3, -0.25) is 19.2 Å². The lowest BCUT2D eigenvalue weighted by Gasteiger charge is -2.20. The summed E-state index contributed by atoms with van der Waals surface area (Å²) >= 11 is 0. The topological polar surface area (TPSA) is 84.4 Å². The number of amides is 2. The van der Waals surface area contributed by atoms with Gasteiger partial charge in [0.25, 0.3) is 11.8 Å². The molecule has 6 heteroatoms. The highest BCUT2D eigenvalue weighted by atomic mass is 16.2. The SMILES string of the molecule is C=Cc1cc2c(cc1C=C)C(=O)C(c1ccc(C)c(/C(=C\C)N3C(=O)c4cc5ccccc5cc4C3=O)n1)C2=O. The van der Waals surface area contributed by atoms with E-state index in [2.05, 4.69) is 13.2 Å². The number of benzene rings is 3. The lowest BCUT2D eigenvalue weighted by atomic mass is 9.97. The van der Waals surface area contributed by atoms with E-state index in [0.717, 1.165) is 15.7 Å². The number of Topliss-reactive ketones (excluding diaryl/α,β-unsaturated/α-hetero) is 2. The maximum atomic E-state index is 13.6. The minimum Gasteiger partial charge on any atom is -0.293 e. The number of rotatable bonds is 5. The number of fused-ring (bicyclic) bond motifs is 3. The summed E-state index contributed by atoms with van der Waals surface area (Å²) in [5.74, 6) is -2.72. The molecule has 194 valence electrons. The molecule has 0 fully saturated rings. The fraction of sp³-hybridized carbons (Fsp3) is 0.0882. The number of ketones is 2. The summed E-state index contributed by atoms with van der Waals surface area (Å²) in [7, 11) is 0. The highest BCUT2D eigenvalue weighted by Crippen LogP contribution is 2.38. The average Bonchev–Trinajstić information content (AvgIpc) is 3.36. The van der Waals surface area contributed by atoms with Crippen molar-refractivity contribution in [2.75, 3.05) is 0 Å². The molecule has 0 spiro atoms. The fourth-order valence-electron chi connectivity index (χ4n) is 5.57. The van der Waals surface area contributed by atoms with Gasteiger partial charge in [-0.15, -0.1) is 0 Å². The van der Waals surface area contributed by atoms with Crippen LogP contribution in [0.5, 0.6) is 0 Å². The summed E-state index contributed by atoms with van der Waals surface area (Å²) in [5.41, 5.74) is 4.31. The van der Waals surface area contributed by atoms with Crippen molar-refractivity contribution in [3.05, 3.63) is 130 Å². The molecule has 4 aromatic rings. The Balaban J connectivity index is 1.42. The Bertz CT molecular complexity index is 1790. The minimum absolute atomic E-state index is 0.258. The quantitative estimate of drug-likeness (QED) is 0.216. The third kappa shape index (κ3) is 3.53. The highest BCUT2D eigenvalue weighted by Gasteiger charge is 2.42. The lowest BCUT2D eigenvalue weighted by molar-refractivity contribution is 0.0733. The molecule has 0 atom stereocenters. The number of aryl methyl sites for hydroxylation is 1. The standard InChI is InChI=1S/C34H24N2O4/c1-5-19-14-23-24(15-20(19)6-2)32(38)29(31(23)37)27-13-12-18(4)30(35-27)28(7-3)36-33(39)25-16-21-10-8-9-11-22(21)17-26(25)34(36)40/h5-17,29H,1-2H2,3-4H3/b28-7+. The van der Waals surface area contributed by atoms with E-state index in [4.69, 9.17) is 4.98 Å². The van der Waals surface area contributed by atoms with E-state index in [1.54, 1.807) is 61.5 Å². The van der Waals surface area contributed by atoms with Gasteiger partial charge in [-0.25, -0.2) is 9.88 Å². The van der Waals surface area contributed by atoms with E-state index < -0.39 is 17.7 Å². The van der Waals surface area contributed by atoms with Crippen LogP contribution in [-0.4, -0.2) is 33.3 Å². The number of hydrogen-bond acceptors (Lipinski definition) is 5. The van der Waals surface area contributed by atoms with Crippen molar-refractivity contribution in [1.29, 1.82) is 0 Å². The number of carbonyl (C=O) groups excluding carboxylic acids is 4. The van der Waals surface area contributed by atoms with Gasteiger partial charge in [0.1, 0.15) is 5.92 Å². The van der Waals surface area contributed by atoms with Gasteiger partial charge in [-0.05, 0) is 71.6 Å². The van der Waals surface area contributed by atoms with Crippen LogP contribution in [0.4, 0.5) is 0 Å². The number of hydrogen-bond donors (Lipinski definition) is 0. The number of aromatic nitrogens is 1.